The fraction of sp³-hybridized carbons (Fsp3) is 0.500. The molecule has 1 fully saturated rings. The Bertz CT molecular complexity index is 770. The quantitative estimate of drug-likeness (QED) is 0.868. The molecular weight excluding hydrogens is 304 g/mol. The van der Waals surface area contributed by atoms with Gasteiger partial charge in [0.05, 0.1) is 18.7 Å². The first-order chi connectivity index (χ1) is 11.7. The van der Waals surface area contributed by atoms with Gasteiger partial charge in [0.15, 0.2) is 5.82 Å². The number of benzene rings is 1. The lowest BCUT2D eigenvalue weighted by Gasteiger charge is -2.27. The second kappa shape index (κ2) is 5.92. The third-order valence-corrected chi connectivity index (χ3v) is 5.25. The van der Waals surface area contributed by atoms with Crippen LogP contribution in [0, 0.1) is 5.92 Å². The van der Waals surface area contributed by atoms with Crippen LogP contribution in [0.2, 0.25) is 0 Å². The van der Waals surface area contributed by atoms with Crippen LogP contribution in [0.1, 0.15) is 31.6 Å². The van der Waals surface area contributed by atoms with Crippen molar-refractivity contribution in [1.82, 2.24) is 19.7 Å². The zero-order valence-corrected chi connectivity index (χ0v) is 14.1. The van der Waals surface area contributed by atoms with E-state index in [1.165, 1.54) is 0 Å². The first kappa shape index (κ1) is 15.2. The van der Waals surface area contributed by atoms with Gasteiger partial charge in [-0.05, 0) is 24.5 Å². The van der Waals surface area contributed by atoms with Gasteiger partial charge < -0.3 is 14.2 Å². The molecule has 2 aliphatic rings. The molecule has 0 spiro atoms. The summed E-state index contributed by atoms with van der Waals surface area (Å²) in [5.74, 6) is 3.38. The number of rotatable bonds is 3. The van der Waals surface area contributed by atoms with Crippen LogP contribution in [-0.2, 0) is 11.2 Å². The van der Waals surface area contributed by atoms with Crippen LogP contribution in [0.5, 0.6) is 5.75 Å². The number of carbonyl (C=O) groups is 1. The van der Waals surface area contributed by atoms with Crippen LogP contribution < -0.4 is 4.74 Å². The molecule has 1 aromatic carbocycles. The summed E-state index contributed by atoms with van der Waals surface area (Å²) in [5, 5.41) is 8.87. The molecule has 126 valence electrons. The van der Waals surface area contributed by atoms with Crippen molar-refractivity contribution >= 4 is 5.91 Å². The SMILES string of the molecule is CCC(=O)N1C[C@H]2CCc3nnc(-c4ccccc4OC)n3[C@H]2C1. The summed E-state index contributed by atoms with van der Waals surface area (Å²) in [6, 6.07) is 8.17. The number of aromatic nitrogens is 3. The molecule has 4 rings (SSSR count). The minimum atomic E-state index is 0.234. The number of aryl methyl sites for hydroxylation is 1. The lowest BCUT2D eigenvalue weighted by atomic mass is 9.93. The molecule has 6 nitrogen and oxygen atoms in total. The molecular formula is C18H22N4O2. The number of nitrogens with zero attached hydrogens (tertiary/aromatic N) is 4. The first-order valence-electron chi connectivity index (χ1n) is 8.57. The largest absolute Gasteiger partial charge is 0.496 e. The van der Waals surface area contributed by atoms with Crippen molar-refractivity contribution in [2.75, 3.05) is 20.2 Å². The predicted octanol–water partition coefficient (Wildman–Crippen LogP) is 2.31. The van der Waals surface area contributed by atoms with E-state index in [1.807, 2.05) is 36.1 Å². The van der Waals surface area contributed by atoms with Crippen molar-refractivity contribution in [2.45, 2.75) is 32.2 Å². The molecule has 6 heteroatoms. The maximum absolute atomic E-state index is 12.1. The van der Waals surface area contributed by atoms with E-state index in [1.54, 1.807) is 7.11 Å². The zero-order valence-electron chi connectivity index (χ0n) is 14.1. The van der Waals surface area contributed by atoms with Gasteiger partial charge in [0.1, 0.15) is 11.6 Å². The van der Waals surface area contributed by atoms with Crippen LogP contribution in [0.25, 0.3) is 11.4 Å². The third kappa shape index (κ3) is 2.28. The Labute approximate surface area is 141 Å². The highest BCUT2D eigenvalue weighted by Crippen LogP contribution is 2.40. The molecule has 1 aromatic heterocycles. The molecule has 2 atom stereocenters. The molecule has 0 bridgehead atoms. The molecule has 0 aliphatic carbocycles. The van der Waals surface area contributed by atoms with Crippen molar-refractivity contribution in [3.05, 3.63) is 30.1 Å². The number of fused-ring (bicyclic) bond motifs is 3. The number of amides is 1. The molecule has 0 radical (unpaired) electrons. The summed E-state index contributed by atoms with van der Waals surface area (Å²) < 4.78 is 7.75. The fourth-order valence-corrected chi connectivity index (χ4v) is 4.03. The number of carbonyl (C=O) groups excluding carboxylic acids is 1. The maximum atomic E-state index is 12.1. The van der Waals surface area contributed by atoms with Crippen LogP contribution in [0.4, 0.5) is 0 Å². The number of para-hydroxylation sites is 1. The highest BCUT2D eigenvalue weighted by Gasteiger charge is 2.41. The van der Waals surface area contributed by atoms with Crippen molar-refractivity contribution in [3.63, 3.8) is 0 Å². The summed E-state index contributed by atoms with van der Waals surface area (Å²) in [4.78, 5) is 14.1. The Balaban J connectivity index is 1.75. The highest BCUT2D eigenvalue weighted by molar-refractivity contribution is 5.76. The number of methoxy groups -OCH3 is 1. The lowest BCUT2D eigenvalue weighted by molar-refractivity contribution is -0.130. The number of likely N-dealkylation sites (tertiary alicyclic amines) is 1. The average molecular weight is 326 g/mol. The van der Waals surface area contributed by atoms with Gasteiger partial charge in [-0.1, -0.05) is 19.1 Å². The molecule has 0 saturated carbocycles. The smallest absolute Gasteiger partial charge is 0.222 e. The Morgan fingerprint density at radius 2 is 2.12 bits per heavy atom. The van der Waals surface area contributed by atoms with E-state index in [0.29, 0.717) is 12.3 Å². The van der Waals surface area contributed by atoms with E-state index in [-0.39, 0.29) is 11.9 Å². The maximum Gasteiger partial charge on any atom is 0.222 e. The molecule has 0 unspecified atom stereocenters. The number of ether oxygens (including phenoxy) is 1. The highest BCUT2D eigenvalue weighted by atomic mass is 16.5. The Hall–Kier alpha value is -2.37. The summed E-state index contributed by atoms with van der Waals surface area (Å²) in [6.45, 7) is 3.53. The van der Waals surface area contributed by atoms with E-state index in [4.69, 9.17) is 4.74 Å². The van der Waals surface area contributed by atoms with Crippen LogP contribution in [0.3, 0.4) is 0 Å². The van der Waals surface area contributed by atoms with Gasteiger partial charge in [-0.25, -0.2) is 0 Å². The third-order valence-electron chi connectivity index (χ3n) is 5.25. The molecule has 2 aromatic rings. The van der Waals surface area contributed by atoms with Crippen LogP contribution in [0.15, 0.2) is 24.3 Å². The Morgan fingerprint density at radius 1 is 1.29 bits per heavy atom. The molecule has 24 heavy (non-hydrogen) atoms. The summed E-state index contributed by atoms with van der Waals surface area (Å²) in [6.07, 6.45) is 2.55. The van der Waals surface area contributed by atoms with Gasteiger partial charge in [0.2, 0.25) is 5.91 Å². The van der Waals surface area contributed by atoms with Crippen molar-refractivity contribution in [2.24, 2.45) is 5.92 Å². The summed E-state index contributed by atoms with van der Waals surface area (Å²) >= 11 is 0. The van der Waals surface area contributed by atoms with Gasteiger partial charge in [-0.3, -0.25) is 4.79 Å². The fourth-order valence-electron chi connectivity index (χ4n) is 4.03. The first-order valence-corrected chi connectivity index (χ1v) is 8.57. The second-order valence-electron chi connectivity index (χ2n) is 6.53. The van der Waals surface area contributed by atoms with E-state index in [9.17, 15) is 4.79 Å². The number of hydrogen-bond acceptors (Lipinski definition) is 4. The van der Waals surface area contributed by atoms with Crippen molar-refractivity contribution in [3.8, 4) is 17.1 Å². The van der Waals surface area contributed by atoms with E-state index >= 15 is 0 Å². The van der Waals surface area contributed by atoms with E-state index in [0.717, 1.165) is 48.9 Å². The standard InChI is InChI=1S/C18H22N4O2/c1-3-17(23)21-10-12-8-9-16-19-20-18(22(16)14(12)11-21)13-6-4-5-7-15(13)24-2/h4-7,12,14H,3,8-11H2,1-2H3/t12-,14+/m1/s1. The van der Waals surface area contributed by atoms with Gasteiger partial charge in [0.25, 0.3) is 0 Å². The molecule has 2 aliphatic heterocycles. The van der Waals surface area contributed by atoms with Gasteiger partial charge >= 0.3 is 0 Å². The predicted molar refractivity (Wildman–Crippen MR) is 89.7 cm³/mol. The van der Waals surface area contributed by atoms with Gasteiger partial charge in [-0.15, -0.1) is 10.2 Å². The molecule has 3 heterocycles. The zero-order chi connectivity index (χ0) is 16.7. The monoisotopic (exact) mass is 326 g/mol. The minimum Gasteiger partial charge on any atom is -0.496 e. The minimum absolute atomic E-state index is 0.234. The van der Waals surface area contributed by atoms with Crippen LogP contribution in [-0.4, -0.2) is 45.8 Å². The summed E-state index contributed by atoms with van der Waals surface area (Å²) in [7, 11) is 1.67. The van der Waals surface area contributed by atoms with E-state index in [2.05, 4.69) is 14.8 Å². The second-order valence-corrected chi connectivity index (χ2v) is 6.53. The summed E-state index contributed by atoms with van der Waals surface area (Å²) in [5.41, 5.74) is 0.958. The average Bonchev–Trinajstić information content (AvgIpc) is 3.24. The van der Waals surface area contributed by atoms with Gasteiger partial charge in [-0.2, -0.15) is 0 Å². The van der Waals surface area contributed by atoms with Gasteiger partial charge in [0, 0.05) is 25.9 Å². The molecule has 1 saturated heterocycles. The topological polar surface area (TPSA) is 60.3 Å². The van der Waals surface area contributed by atoms with Crippen molar-refractivity contribution < 1.29 is 9.53 Å². The van der Waals surface area contributed by atoms with Crippen molar-refractivity contribution in [1.29, 1.82) is 0 Å². The normalized spacial score (nSPS) is 22.2. The van der Waals surface area contributed by atoms with Crippen LogP contribution >= 0.6 is 0 Å². The lowest BCUT2D eigenvalue weighted by Crippen LogP contribution is -2.28. The Morgan fingerprint density at radius 3 is 2.92 bits per heavy atom. The molecule has 1 amide bonds. The number of hydrogen-bond donors (Lipinski definition) is 0. The molecule has 0 N–H and O–H groups in total. The Kier molecular flexibility index (Phi) is 3.75. The van der Waals surface area contributed by atoms with E-state index < -0.39 is 0 Å².